The van der Waals surface area contributed by atoms with E-state index in [0.717, 1.165) is 5.76 Å². The fourth-order valence-corrected chi connectivity index (χ4v) is 2.07. The molecule has 0 radical (unpaired) electrons. The van der Waals surface area contributed by atoms with E-state index in [4.69, 9.17) is 9.68 Å². The fraction of sp³-hybridized carbons (Fsp3) is 0.154. The molecule has 0 amide bonds. The molecule has 2 aromatic rings. The zero-order valence-electron chi connectivity index (χ0n) is 9.65. The Bertz CT molecular complexity index is 590. The summed E-state index contributed by atoms with van der Waals surface area (Å²) in [4.78, 5) is 1.72. The first-order valence-electron chi connectivity index (χ1n) is 5.25. The predicted octanol–water partition coefficient (Wildman–Crippen LogP) is 3.69. The van der Waals surface area contributed by atoms with Crippen LogP contribution in [-0.2, 0) is 6.54 Å². The highest BCUT2D eigenvalue weighted by atomic mass is 79.9. The minimum absolute atomic E-state index is 0.189. The Balaban J connectivity index is 2.29. The third kappa shape index (κ3) is 2.39. The molecule has 1 heterocycles. The lowest BCUT2D eigenvalue weighted by Crippen LogP contribution is -2.17. The van der Waals surface area contributed by atoms with E-state index in [1.165, 1.54) is 0 Å². The van der Waals surface area contributed by atoms with Gasteiger partial charge in [-0.2, -0.15) is 5.26 Å². The van der Waals surface area contributed by atoms with Crippen LogP contribution in [0.2, 0.25) is 0 Å². The fourth-order valence-electron chi connectivity index (χ4n) is 1.64. The van der Waals surface area contributed by atoms with Crippen LogP contribution in [0.3, 0.4) is 0 Å². The van der Waals surface area contributed by atoms with Crippen LogP contribution < -0.4 is 4.90 Å². The lowest BCUT2D eigenvalue weighted by atomic mass is 10.2. The van der Waals surface area contributed by atoms with Crippen molar-refractivity contribution in [3.63, 3.8) is 0 Å². The Morgan fingerprint density at radius 1 is 1.44 bits per heavy atom. The van der Waals surface area contributed by atoms with Gasteiger partial charge in [0.2, 0.25) is 0 Å². The highest BCUT2D eigenvalue weighted by molar-refractivity contribution is 9.10. The summed E-state index contributed by atoms with van der Waals surface area (Å²) in [7, 11) is 1.76. The van der Waals surface area contributed by atoms with E-state index in [2.05, 4.69) is 15.9 Å². The Morgan fingerprint density at radius 2 is 2.22 bits per heavy atom. The van der Waals surface area contributed by atoms with E-state index in [9.17, 15) is 4.39 Å². The van der Waals surface area contributed by atoms with Gasteiger partial charge < -0.3 is 9.32 Å². The molecule has 1 aromatic carbocycles. The first-order valence-corrected chi connectivity index (χ1v) is 6.04. The second-order valence-corrected chi connectivity index (χ2v) is 4.60. The Morgan fingerprint density at radius 3 is 2.83 bits per heavy atom. The molecule has 0 fully saturated rings. The average Bonchev–Trinajstić information content (AvgIpc) is 2.85. The van der Waals surface area contributed by atoms with Gasteiger partial charge in [0.05, 0.1) is 28.5 Å². The van der Waals surface area contributed by atoms with Gasteiger partial charge in [-0.1, -0.05) is 0 Å². The summed E-state index contributed by atoms with van der Waals surface area (Å²) in [5.74, 6) is 0.306. The largest absolute Gasteiger partial charge is 0.467 e. The van der Waals surface area contributed by atoms with Crippen molar-refractivity contribution in [2.24, 2.45) is 0 Å². The van der Waals surface area contributed by atoms with Crippen molar-refractivity contribution >= 4 is 21.6 Å². The molecule has 0 aliphatic heterocycles. The molecule has 0 saturated carbocycles. The van der Waals surface area contributed by atoms with Crippen LogP contribution in [0.4, 0.5) is 10.1 Å². The highest BCUT2D eigenvalue weighted by Crippen LogP contribution is 2.29. The van der Waals surface area contributed by atoms with Crippen molar-refractivity contribution in [1.82, 2.24) is 0 Å². The van der Waals surface area contributed by atoms with Gasteiger partial charge in [0.1, 0.15) is 11.8 Å². The number of benzene rings is 1. The summed E-state index contributed by atoms with van der Waals surface area (Å²) in [6.07, 6.45) is 1.58. The van der Waals surface area contributed by atoms with Gasteiger partial charge in [-0.15, -0.1) is 0 Å². The third-order valence-corrected chi connectivity index (χ3v) is 3.34. The first kappa shape index (κ1) is 12.7. The molecule has 0 bridgehead atoms. The molecule has 0 aliphatic carbocycles. The van der Waals surface area contributed by atoms with Gasteiger partial charge >= 0.3 is 0 Å². The van der Waals surface area contributed by atoms with Crippen LogP contribution >= 0.6 is 15.9 Å². The molecular formula is C13H10BrFN2O. The van der Waals surface area contributed by atoms with E-state index >= 15 is 0 Å². The number of nitrogens with zero attached hydrogens (tertiary/aromatic N) is 2. The molecule has 5 heteroatoms. The monoisotopic (exact) mass is 308 g/mol. The van der Waals surface area contributed by atoms with Crippen LogP contribution in [0.15, 0.2) is 39.4 Å². The van der Waals surface area contributed by atoms with Gasteiger partial charge in [-0.05, 0) is 40.2 Å². The minimum atomic E-state index is -0.442. The number of hydrogen-bond donors (Lipinski definition) is 0. The van der Waals surface area contributed by atoms with Crippen molar-refractivity contribution < 1.29 is 8.81 Å². The minimum Gasteiger partial charge on any atom is -0.467 e. The Kier molecular flexibility index (Phi) is 3.68. The van der Waals surface area contributed by atoms with Crippen LogP contribution in [-0.4, -0.2) is 7.05 Å². The van der Waals surface area contributed by atoms with E-state index in [0.29, 0.717) is 12.2 Å². The molecule has 0 spiro atoms. The zero-order valence-corrected chi connectivity index (χ0v) is 11.2. The van der Waals surface area contributed by atoms with Gasteiger partial charge in [-0.3, -0.25) is 0 Å². The molecule has 3 nitrogen and oxygen atoms in total. The van der Waals surface area contributed by atoms with E-state index in [-0.39, 0.29) is 10.0 Å². The Labute approximate surface area is 113 Å². The first-order chi connectivity index (χ1) is 8.63. The van der Waals surface area contributed by atoms with E-state index in [1.54, 1.807) is 36.4 Å². The van der Waals surface area contributed by atoms with Crippen LogP contribution in [0, 0.1) is 17.1 Å². The van der Waals surface area contributed by atoms with Crippen molar-refractivity contribution in [2.75, 3.05) is 11.9 Å². The van der Waals surface area contributed by atoms with Crippen LogP contribution in [0.1, 0.15) is 11.3 Å². The smallest absolute Gasteiger partial charge is 0.161 e. The standard InChI is InChI=1S/C13H10BrFN2O/c1-17(8-10-3-2-6-18-10)11-5-4-9(7-16)12(14)13(11)15/h2-6H,8H2,1H3. The maximum Gasteiger partial charge on any atom is 0.161 e. The molecular weight excluding hydrogens is 299 g/mol. The van der Waals surface area contributed by atoms with Crippen LogP contribution in [0.5, 0.6) is 0 Å². The molecule has 18 heavy (non-hydrogen) atoms. The molecule has 0 unspecified atom stereocenters. The number of anilines is 1. The van der Waals surface area contributed by atoms with Gasteiger partial charge in [0.25, 0.3) is 0 Å². The maximum absolute atomic E-state index is 14.1. The summed E-state index contributed by atoms with van der Waals surface area (Å²) in [5.41, 5.74) is 0.694. The highest BCUT2D eigenvalue weighted by Gasteiger charge is 2.14. The lowest BCUT2D eigenvalue weighted by Gasteiger charge is -2.19. The number of halogens is 2. The summed E-state index contributed by atoms with van der Waals surface area (Å²) in [5, 5.41) is 8.80. The summed E-state index contributed by atoms with van der Waals surface area (Å²) in [6.45, 7) is 0.461. The van der Waals surface area contributed by atoms with E-state index in [1.807, 2.05) is 12.1 Å². The SMILES string of the molecule is CN(Cc1ccco1)c1ccc(C#N)c(Br)c1F. The Hall–Kier alpha value is -1.80. The van der Waals surface area contributed by atoms with Crippen LogP contribution in [0.25, 0.3) is 0 Å². The molecule has 0 saturated heterocycles. The number of hydrogen-bond acceptors (Lipinski definition) is 3. The normalized spacial score (nSPS) is 10.1. The van der Waals surface area contributed by atoms with Crippen molar-refractivity contribution in [2.45, 2.75) is 6.54 Å². The quantitative estimate of drug-likeness (QED) is 0.868. The molecule has 0 N–H and O–H groups in total. The van der Waals surface area contributed by atoms with Crippen molar-refractivity contribution in [3.05, 3.63) is 52.1 Å². The lowest BCUT2D eigenvalue weighted by molar-refractivity contribution is 0.505. The molecule has 0 atom stereocenters. The maximum atomic E-state index is 14.1. The third-order valence-electron chi connectivity index (χ3n) is 2.57. The zero-order chi connectivity index (χ0) is 13.1. The van der Waals surface area contributed by atoms with Crippen molar-refractivity contribution in [1.29, 1.82) is 5.26 Å². The molecule has 0 aliphatic rings. The van der Waals surface area contributed by atoms with Crippen molar-refractivity contribution in [3.8, 4) is 6.07 Å². The second kappa shape index (κ2) is 5.23. The second-order valence-electron chi connectivity index (χ2n) is 3.81. The summed E-state index contributed by atoms with van der Waals surface area (Å²) >= 11 is 3.09. The molecule has 92 valence electrons. The topological polar surface area (TPSA) is 40.2 Å². The molecule has 1 aromatic heterocycles. The molecule has 2 rings (SSSR count). The predicted molar refractivity (Wildman–Crippen MR) is 69.6 cm³/mol. The number of furan rings is 1. The summed E-state index contributed by atoms with van der Waals surface area (Å²) in [6, 6.07) is 8.71. The number of rotatable bonds is 3. The van der Waals surface area contributed by atoms with Gasteiger partial charge in [-0.25, -0.2) is 4.39 Å². The van der Waals surface area contributed by atoms with E-state index < -0.39 is 5.82 Å². The van der Waals surface area contributed by atoms with Gasteiger partial charge in [0.15, 0.2) is 5.82 Å². The van der Waals surface area contributed by atoms with Gasteiger partial charge in [0, 0.05) is 7.05 Å². The summed E-state index contributed by atoms with van der Waals surface area (Å²) < 4.78 is 19.5. The average molecular weight is 309 g/mol. The number of nitriles is 1.